The van der Waals surface area contributed by atoms with Crippen molar-refractivity contribution in [2.75, 3.05) is 7.11 Å². The van der Waals surface area contributed by atoms with Crippen molar-refractivity contribution >= 4 is 101 Å². The lowest BCUT2D eigenvalue weighted by atomic mass is 10.2. The minimum atomic E-state index is -0.754. The number of aromatic nitrogens is 3. The topological polar surface area (TPSA) is 88.4 Å². The Bertz CT molecular complexity index is 1770. The first-order valence-corrected chi connectivity index (χ1v) is 14.2. The molecule has 204 valence electrons. The van der Waals surface area contributed by atoms with Gasteiger partial charge >= 0.3 is 0 Å². The molecular formula is C28H17Cl2F2I2N3O3. The summed E-state index contributed by atoms with van der Waals surface area (Å²) < 4.78 is 32.9. The minimum absolute atomic E-state index is 0.0394. The summed E-state index contributed by atoms with van der Waals surface area (Å²) in [7, 11) is 1.64. The quantitative estimate of drug-likeness (QED) is 0.162. The Hall–Kier alpha value is -2.81. The van der Waals surface area contributed by atoms with E-state index in [0.717, 1.165) is 26.3 Å². The van der Waals surface area contributed by atoms with E-state index < -0.39 is 11.6 Å². The molecule has 0 amide bonds. The monoisotopic (exact) mass is 802 g/mol. The summed E-state index contributed by atoms with van der Waals surface area (Å²) in [6.07, 6.45) is 4.73. The smallest absolute Gasteiger partial charge is 0.178 e. The first-order valence-electron chi connectivity index (χ1n) is 11.2. The summed E-state index contributed by atoms with van der Waals surface area (Å²) in [6, 6.07) is 14.6. The third-order valence-electron chi connectivity index (χ3n) is 5.49. The predicted molar refractivity (Wildman–Crippen MR) is 170 cm³/mol. The molecule has 0 radical (unpaired) electrons. The van der Waals surface area contributed by atoms with Gasteiger partial charge in [0, 0.05) is 34.7 Å². The lowest BCUT2D eigenvalue weighted by Crippen LogP contribution is -1.91. The van der Waals surface area contributed by atoms with E-state index in [-0.39, 0.29) is 22.1 Å². The van der Waals surface area contributed by atoms with Gasteiger partial charge in [0.2, 0.25) is 0 Å². The van der Waals surface area contributed by atoms with Gasteiger partial charge in [-0.3, -0.25) is 15.0 Å². The van der Waals surface area contributed by atoms with Gasteiger partial charge in [-0.1, -0.05) is 23.2 Å². The molecule has 0 atom stereocenters. The molecule has 6 aromatic rings. The average Bonchev–Trinajstić information content (AvgIpc) is 2.96. The van der Waals surface area contributed by atoms with Crippen molar-refractivity contribution in [2.45, 2.75) is 0 Å². The number of benzene rings is 3. The van der Waals surface area contributed by atoms with E-state index in [1.54, 1.807) is 37.6 Å². The maximum Gasteiger partial charge on any atom is 0.178 e. The fourth-order valence-corrected chi connectivity index (χ4v) is 5.67. The second kappa shape index (κ2) is 13.2. The van der Waals surface area contributed by atoms with Crippen LogP contribution in [0.1, 0.15) is 0 Å². The Labute approximate surface area is 264 Å². The molecular weight excluding hydrogens is 786 g/mol. The maximum atomic E-state index is 13.3. The Balaban J connectivity index is 0.000000139. The van der Waals surface area contributed by atoms with Gasteiger partial charge in [0.25, 0.3) is 0 Å². The zero-order valence-electron chi connectivity index (χ0n) is 20.3. The zero-order chi connectivity index (χ0) is 29.0. The lowest BCUT2D eigenvalue weighted by molar-refractivity contribution is 0.416. The second-order valence-corrected chi connectivity index (χ2v) is 11.1. The largest absolute Gasteiger partial charge is 0.505 e. The molecule has 0 spiro atoms. The van der Waals surface area contributed by atoms with Crippen LogP contribution in [0.15, 0.2) is 73.2 Å². The number of rotatable bonds is 1. The Morgan fingerprint density at radius 3 is 1.77 bits per heavy atom. The van der Waals surface area contributed by atoms with E-state index in [1.165, 1.54) is 18.5 Å². The van der Waals surface area contributed by atoms with Crippen LogP contribution in [0.2, 0.25) is 10.0 Å². The van der Waals surface area contributed by atoms with Gasteiger partial charge in [-0.2, -0.15) is 0 Å². The van der Waals surface area contributed by atoms with Crippen molar-refractivity contribution in [2.24, 2.45) is 0 Å². The molecule has 3 heterocycles. The minimum Gasteiger partial charge on any atom is -0.505 e. The van der Waals surface area contributed by atoms with E-state index >= 15 is 0 Å². The molecule has 0 aliphatic heterocycles. The van der Waals surface area contributed by atoms with Crippen molar-refractivity contribution in [3.8, 4) is 17.2 Å². The SMILES string of the molecule is Oc1c(I)cc([18F])c2cccnc12.Oc1c([18F])cc(Cl)c2cccnc12.[11CH3]Oc1c(I)cc(Cl)c2cccnc12. The first-order chi connectivity index (χ1) is 19.1. The molecule has 40 heavy (non-hydrogen) atoms. The number of halogens is 6. The van der Waals surface area contributed by atoms with Gasteiger partial charge < -0.3 is 14.9 Å². The number of phenols is 2. The Morgan fingerprint density at radius 2 is 1.18 bits per heavy atom. The molecule has 12 heteroatoms. The highest BCUT2D eigenvalue weighted by Crippen LogP contribution is 2.34. The number of ether oxygens (including phenoxy) is 1. The number of methoxy groups -OCH3 is 1. The summed E-state index contributed by atoms with van der Waals surface area (Å²) in [5.41, 5.74) is 1.31. The number of hydrogen-bond donors (Lipinski definition) is 2. The Morgan fingerprint density at radius 1 is 0.675 bits per heavy atom. The van der Waals surface area contributed by atoms with Crippen LogP contribution < -0.4 is 4.74 Å². The number of pyridine rings is 3. The summed E-state index contributed by atoms with van der Waals surface area (Å²) in [4.78, 5) is 12.0. The van der Waals surface area contributed by atoms with Gasteiger partial charge in [-0.05, 0) is 99.8 Å². The van der Waals surface area contributed by atoms with Gasteiger partial charge in [0.05, 0.1) is 24.3 Å². The van der Waals surface area contributed by atoms with E-state index in [9.17, 15) is 19.0 Å². The number of aromatic hydroxyl groups is 2. The summed E-state index contributed by atoms with van der Waals surface area (Å²) in [6.45, 7) is 0. The molecule has 0 saturated carbocycles. The lowest BCUT2D eigenvalue weighted by Gasteiger charge is -2.07. The maximum absolute atomic E-state index is 13.3. The van der Waals surface area contributed by atoms with Crippen LogP contribution in [0.3, 0.4) is 0 Å². The summed E-state index contributed by atoms with van der Waals surface area (Å²) >= 11 is 15.9. The number of fused-ring (bicyclic) bond motifs is 3. The first kappa shape index (κ1) is 30.2. The molecule has 0 unspecified atom stereocenters. The predicted octanol–water partition coefficient (Wildman–Crippen LogP) is 8.92. The molecule has 3 aromatic carbocycles. The number of hydrogen-bond acceptors (Lipinski definition) is 6. The number of phenolic OH excluding ortho intramolecular Hbond substituents is 2. The molecule has 0 fully saturated rings. The molecule has 3 aromatic heterocycles. The summed E-state index contributed by atoms with van der Waals surface area (Å²) in [5, 5.41) is 21.6. The van der Waals surface area contributed by atoms with Crippen LogP contribution in [0.5, 0.6) is 17.2 Å². The van der Waals surface area contributed by atoms with E-state index in [4.69, 9.17) is 27.9 Å². The van der Waals surface area contributed by atoms with Crippen LogP contribution in [0.25, 0.3) is 32.7 Å². The van der Waals surface area contributed by atoms with Crippen LogP contribution in [0, 0.1) is 18.8 Å². The molecule has 2 N–H and O–H groups in total. The van der Waals surface area contributed by atoms with Crippen LogP contribution >= 0.6 is 68.4 Å². The van der Waals surface area contributed by atoms with Crippen molar-refractivity contribution in [3.05, 3.63) is 102 Å². The molecule has 0 aliphatic carbocycles. The van der Waals surface area contributed by atoms with Crippen LogP contribution in [-0.2, 0) is 0 Å². The standard InChI is InChI=1S/C10H7ClINO.C9H5ClFNO.C9H5FINO/c1-14-10-8(12)5-7(11)6-3-2-4-13-9(6)10;2*10-6-4-7(11)9(13)8-5(6)2-1-3-12-8/h2-5H,1H3;2*1-4,13H/i1-1;11-1;10-1. The van der Waals surface area contributed by atoms with E-state index in [2.05, 4.69) is 37.5 Å². The van der Waals surface area contributed by atoms with E-state index in [0.29, 0.717) is 24.9 Å². The number of nitrogens with zero attached hydrogens (tertiary/aromatic N) is 3. The molecule has 0 saturated heterocycles. The highest BCUT2D eigenvalue weighted by molar-refractivity contribution is 14.1. The van der Waals surface area contributed by atoms with Gasteiger partial charge in [0.1, 0.15) is 22.4 Å². The highest BCUT2D eigenvalue weighted by atomic mass is 127. The molecule has 6 rings (SSSR count). The van der Waals surface area contributed by atoms with Gasteiger partial charge in [-0.15, -0.1) is 0 Å². The molecule has 6 nitrogen and oxygen atoms in total. The van der Waals surface area contributed by atoms with Crippen molar-refractivity contribution in [1.82, 2.24) is 15.0 Å². The van der Waals surface area contributed by atoms with Crippen molar-refractivity contribution < 1.29 is 23.7 Å². The van der Waals surface area contributed by atoms with Crippen molar-refractivity contribution in [3.63, 3.8) is 0 Å². The highest BCUT2D eigenvalue weighted by Gasteiger charge is 2.12. The second-order valence-electron chi connectivity index (χ2n) is 7.95. The summed E-state index contributed by atoms with van der Waals surface area (Å²) in [5.74, 6) is -0.746. The zero-order valence-corrected chi connectivity index (χ0v) is 26.2. The van der Waals surface area contributed by atoms with Gasteiger partial charge in [0.15, 0.2) is 23.1 Å². The average molecular weight is 803 g/mol. The van der Waals surface area contributed by atoms with E-state index in [1.807, 2.05) is 40.8 Å². The fraction of sp³-hybridized carbons (Fsp3) is 0.0357. The normalized spacial score (nSPS) is 10.6. The molecule has 0 bridgehead atoms. The van der Waals surface area contributed by atoms with Crippen LogP contribution in [0.4, 0.5) is 8.78 Å². The van der Waals surface area contributed by atoms with Crippen LogP contribution in [-0.4, -0.2) is 32.3 Å². The van der Waals surface area contributed by atoms with Gasteiger partial charge in [-0.25, -0.2) is 8.78 Å². The third-order valence-corrected chi connectivity index (χ3v) is 7.74. The third kappa shape index (κ3) is 6.40. The fourth-order valence-electron chi connectivity index (χ4n) is 3.66. The Kier molecular flexibility index (Phi) is 9.98. The molecule has 0 aliphatic rings. The van der Waals surface area contributed by atoms with Crippen molar-refractivity contribution in [1.29, 1.82) is 0 Å².